The molecule has 19 heavy (non-hydrogen) atoms. The van der Waals surface area contributed by atoms with E-state index < -0.39 is 0 Å². The van der Waals surface area contributed by atoms with E-state index in [1.54, 1.807) is 0 Å². The van der Waals surface area contributed by atoms with Crippen LogP contribution in [0.5, 0.6) is 0 Å². The predicted octanol–water partition coefficient (Wildman–Crippen LogP) is 3.46. The molecule has 1 N–H and O–H groups in total. The monoisotopic (exact) mass is 260 g/mol. The second-order valence-corrected chi connectivity index (χ2v) is 5.97. The molecule has 0 aliphatic carbocycles. The van der Waals surface area contributed by atoms with Crippen LogP contribution in [-0.4, -0.2) is 30.6 Å². The lowest BCUT2D eigenvalue weighted by Gasteiger charge is -2.41. The highest BCUT2D eigenvalue weighted by Crippen LogP contribution is 2.27. The number of hydrogen-bond acceptors (Lipinski definition) is 2. The van der Waals surface area contributed by atoms with Crippen LogP contribution in [-0.2, 0) is 0 Å². The molecule has 0 aromatic heterocycles. The number of piperazine rings is 1. The number of rotatable bonds is 5. The van der Waals surface area contributed by atoms with E-state index in [9.17, 15) is 0 Å². The minimum Gasteiger partial charge on any atom is -0.314 e. The first-order valence-corrected chi connectivity index (χ1v) is 7.73. The molecule has 3 unspecified atom stereocenters. The lowest BCUT2D eigenvalue weighted by Crippen LogP contribution is -2.50. The maximum Gasteiger partial charge on any atom is 0.0476 e. The highest BCUT2D eigenvalue weighted by Gasteiger charge is 2.27. The zero-order chi connectivity index (χ0) is 13.7. The standard InChI is InChI=1S/C17H28N2/c1-4-14(2)12-15(3)19-11-10-18-13-17(19)16-8-6-5-7-9-16/h5-9,14-15,17-18H,4,10-13H2,1-3H3. The molecule has 1 aromatic carbocycles. The molecule has 0 spiro atoms. The molecule has 1 saturated heterocycles. The molecule has 2 rings (SSSR count). The molecule has 1 aliphatic rings. The van der Waals surface area contributed by atoms with Crippen molar-refractivity contribution in [3.05, 3.63) is 35.9 Å². The first-order valence-electron chi connectivity index (χ1n) is 7.73. The average molecular weight is 260 g/mol. The Balaban J connectivity index is 2.07. The molecule has 1 aliphatic heterocycles. The van der Waals surface area contributed by atoms with Gasteiger partial charge in [0.25, 0.3) is 0 Å². The van der Waals surface area contributed by atoms with Crippen molar-refractivity contribution >= 4 is 0 Å². The van der Waals surface area contributed by atoms with Crippen molar-refractivity contribution in [2.24, 2.45) is 5.92 Å². The molecule has 0 saturated carbocycles. The maximum atomic E-state index is 3.54. The smallest absolute Gasteiger partial charge is 0.0476 e. The van der Waals surface area contributed by atoms with E-state index >= 15 is 0 Å². The summed E-state index contributed by atoms with van der Waals surface area (Å²) in [7, 11) is 0. The summed E-state index contributed by atoms with van der Waals surface area (Å²) in [6.45, 7) is 10.4. The van der Waals surface area contributed by atoms with E-state index in [2.05, 4.69) is 61.3 Å². The Kier molecular flexibility index (Phi) is 5.41. The van der Waals surface area contributed by atoms with Gasteiger partial charge in [0.1, 0.15) is 0 Å². The van der Waals surface area contributed by atoms with Crippen LogP contribution in [0.2, 0.25) is 0 Å². The Morgan fingerprint density at radius 2 is 2.00 bits per heavy atom. The first kappa shape index (κ1) is 14.5. The summed E-state index contributed by atoms with van der Waals surface area (Å²) in [5, 5.41) is 3.54. The molecule has 1 fully saturated rings. The van der Waals surface area contributed by atoms with Crippen molar-refractivity contribution in [2.45, 2.75) is 45.7 Å². The number of hydrogen-bond donors (Lipinski definition) is 1. The van der Waals surface area contributed by atoms with Crippen molar-refractivity contribution < 1.29 is 0 Å². The largest absolute Gasteiger partial charge is 0.314 e. The Bertz CT molecular complexity index is 363. The lowest BCUT2D eigenvalue weighted by molar-refractivity contribution is 0.100. The normalized spacial score (nSPS) is 24.1. The van der Waals surface area contributed by atoms with Gasteiger partial charge in [0.15, 0.2) is 0 Å². The van der Waals surface area contributed by atoms with Crippen molar-refractivity contribution in [1.29, 1.82) is 0 Å². The Hall–Kier alpha value is -0.860. The van der Waals surface area contributed by atoms with Crippen molar-refractivity contribution in [3.63, 3.8) is 0 Å². The van der Waals surface area contributed by atoms with Crippen LogP contribution in [0.3, 0.4) is 0 Å². The molecule has 3 atom stereocenters. The van der Waals surface area contributed by atoms with Gasteiger partial charge in [-0.1, -0.05) is 50.6 Å². The third-order valence-electron chi connectivity index (χ3n) is 4.48. The van der Waals surface area contributed by atoms with Crippen LogP contribution in [0.4, 0.5) is 0 Å². The predicted molar refractivity (Wildman–Crippen MR) is 82.3 cm³/mol. The van der Waals surface area contributed by atoms with Gasteiger partial charge in [-0.3, -0.25) is 4.90 Å². The van der Waals surface area contributed by atoms with Gasteiger partial charge < -0.3 is 5.32 Å². The van der Waals surface area contributed by atoms with E-state index in [0.717, 1.165) is 25.6 Å². The Morgan fingerprint density at radius 3 is 2.68 bits per heavy atom. The van der Waals surface area contributed by atoms with E-state index in [1.165, 1.54) is 18.4 Å². The molecule has 2 nitrogen and oxygen atoms in total. The summed E-state index contributed by atoms with van der Waals surface area (Å²) >= 11 is 0. The van der Waals surface area contributed by atoms with Gasteiger partial charge in [0.2, 0.25) is 0 Å². The molecule has 1 heterocycles. The maximum absolute atomic E-state index is 3.54. The number of nitrogens with zero attached hydrogens (tertiary/aromatic N) is 1. The van der Waals surface area contributed by atoms with Crippen LogP contribution in [0.15, 0.2) is 30.3 Å². The van der Waals surface area contributed by atoms with E-state index in [1.807, 2.05) is 0 Å². The van der Waals surface area contributed by atoms with E-state index in [4.69, 9.17) is 0 Å². The van der Waals surface area contributed by atoms with E-state index in [0.29, 0.717) is 12.1 Å². The molecule has 106 valence electrons. The molecular weight excluding hydrogens is 232 g/mol. The summed E-state index contributed by atoms with van der Waals surface area (Å²) in [6.07, 6.45) is 2.59. The van der Waals surface area contributed by atoms with Gasteiger partial charge in [-0.15, -0.1) is 0 Å². The summed E-state index contributed by atoms with van der Waals surface area (Å²) in [4.78, 5) is 2.69. The first-order chi connectivity index (χ1) is 9.22. The van der Waals surface area contributed by atoms with Gasteiger partial charge in [-0.25, -0.2) is 0 Å². The topological polar surface area (TPSA) is 15.3 Å². The fraction of sp³-hybridized carbons (Fsp3) is 0.647. The van der Waals surface area contributed by atoms with Gasteiger partial charge in [-0.05, 0) is 24.8 Å². The minimum atomic E-state index is 0.536. The van der Waals surface area contributed by atoms with Gasteiger partial charge in [0.05, 0.1) is 0 Å². The molecular formula is C17H28N2. The van der Waals surface area contributed by atoms with Crippen molar-refractivity contribution in [3.8, 4) is 0 Å². The molecule has 0 radical (unpaired) electrons. The fourth-order valence-electron chi connectivity index (χ4n) is 3.12. The summed E-state index contributed by atoms with van der Waals surface area (Å²) in [5.41, 5.74) is 1.45. The SMILES string of the molecule is CCC(C)CC(C)N1CCNCC1c1ccccc1. The third-order valence-corrected chi connectivity index (χ3v) is 4.48. The fourth-order valence-corrected chi connectivity index (χ4v) is 3.12. The van der Waals surface area contributed by atoms with Crippen LogP contribution >= 0.6 is 0 Å². The summed E-state index contributed by atoms with van der Waals surface area (Å²) < 4.78 is 0. The van der Waals surface area contributed by atoms with Crippen LogP contribution in [0.1, 0.15) is 45.2 Å². The zero-order valence-electron chi connectivity index (χ0n) is 12.6. The van der Waals surface area contributed by atoms with Crippen molar-refractivity contribution in [2.75, 3.05) is 19.6 Å². The minimum absolute atomic E-state index is 0.536. The lowest BCUT2D eigenvalue weighted by atomic mass is 9.95. The van der Waals surface area contributed by atoms with E-state index in [-0.39, 0.29) is 0 Å². The van der Waals surface area contributed by atoms with Gasteiger partial charge in [0, 0.05) is 31.7 Å². The second kappa shape index (κ2) is 7.06. The number of benzene rings is 1. The molecule has 0 bridgehead atoms. The quantitative estimate of drug-likeness (QED) is 0.872. The summed E-state index contributed by atoms with van der Waals surface area (Å²) in [5.74, 6) is 0.821. The van der Waals surface area contributed by atoms with Crippen LogP contribution in [0.25, 0.3) is 0 Å². The van der Waals surface area contributed by atoms with Crippen LogP contribution in [0, 0.1) is 5.92 Å². The highest BCUT2D eigenvalue weighted by molar-refractivity contribution is 5.20. The number of nitrogens with one attached hydrogen (secondary N) is 1. The average Bonchev–Trinajstić information content (AvgIpc) is 2.48. The Labute approximate surface area is 118 Å². The zero-order valence-corrected chi connectivity index (χ0v) is 12.6. The second-order valence-electron chi connectivity index (χ2n) is 5.97. The van der Waals surface area contributed by atoms with Gasteiger partial charge in [-0.2, -0.15) is 0 Å². The van der Waals surface area contributed by atoms with Crippen LogP contribution < -0.4 is 5.32 Å². The summed E-state index contributed by atoms with van der Waals surface area (Å²) in [6, 6.07) is 12.1. The molecule has 2 heteroatoms. The molecule has 1 aromatic rings. The molecule has 0 amide bonds. The highest BCUT2D eigenvalue weighted by atomic mass is 15.2. The Morgan fingerprint density at radius 1 is 1.26 bits per heavy atom. The third kappa shape index (κ3) is 3.80. The van der Waals surface area contributed by atoms with Crippen molar-refractivity contribution in [1.82, 2.24) is 10.2 Å². The van der Waals surface area contributed by atoms with Gasteiger partial charge >= 0.3 is 0 Å².